The van der Waals surface area contributed by atoms with Crippen LogP contribution in [0.3, 0.4) is 0 Å². The Bertz CT molecular complexity index is 463. The Kier molecular flexibility index (Phi) is 2.98. The summed E-state index contributed by atoms with van der Waals surface area (Å²) in [6.07, 6.45) is 0. The zero-order chi connectivity index (χ0) is 13.6. The van der Waals surface area contributed by atoms with Crippen LogP contribution in [-0.2, 0) is 6.54 Å². The van der Waals surface area contributed by atoms with Crippen LogP contribution in [0.15, 0.2) is 24.3 Å². The lowest BCUT2D eigenvalue weighted by Crippen LogP contribution is -2.22. The van der Waals surface area contributed by atoms with E-state index in [1.54, 1.807) is 6.07 Å². The van der Waals surface area contributed by atoms with E-state index in [0.29, 0.717) is 22.4 Å². The van der Waals surface area contributed by atoms with Crippen LogP contribution in [0.1, 0.15) is 43.6 Å². The number of carbonyl (C=O) groups excluding carboxylic acids is 1. The van der Waals surface area contributed by atoms with Gasteiger partial charge in [0.2, 0.25) is 5.91 Å². The molecule has 0 radical (unpaired) electrons. The Hall–Kier alpha value is -1.35. The van der Waals surface area contributed by atoms with Crippen molar-refractivity contribution < 1.29 is 4.79 Å². The van der Waals surface area contributed by atoms with Crippen LogP contribution in [0.25, 0.3) is 0 Å². The highest BCUT2D eigenvalue weighted by Gasteiger charge is 2.64. The van der Waals surface area contributed by atoms with Crippen molar-refractivity contribution in [2.75, 3.05) is 0 Å². The molecule has 1 aromatic carbocycles. The molecule has 0 saturated heterocycles. The highest BCUT2D eigenvalue weighted by Crippen LogP contribution is 2.62. The standard InChI is InChI=1S/C15H22N2O/c1-14(2)13(15(14,3)4)17-9-10-6-5-7-11(8-10)12(16)18/h5-8,13,17H,9H2,1-4H3,(H2,16,18). The molecule has 3 N–H and O–H groups in total. The fraction of sp³-hybridized carbons (Fsp3) is 0.533. The Labute approximate surface area is 109 Å². The maximum absolute atomic E-state index is 11.1. The summed E-state index contributed by atoms with van der Waals surface area (Å²) in [5.41, 5.74) is 7.61. The molecule has 0 atom stereocenters. The topological polar surface area (TPSA) is 55.1 Å². The maximum Gasteiger partial charge on any atom is 0.248 e. The van der Waals surface area contributed by atoms with Gasteiger partial charge >= 0.3 is 0 Å². The lowest BCUT2D eigenvalue weighted by Gasteiger charge is -2.07. The molecule has 0 aromatic heterocycles. The summed E-state index contributed by atoms with van der Waals surface area (Å²) >= 11 is 0. The van der Waals surface area contributed by atoms with Crippen molar-refractivity contribution in [3.05, 3.63) is 35.4 Å². The van der Waals surface area contributed by atoms with Crippen molar-refractivity contribution >= 4 is 5.91 Å². The Morgan fingerprint density at radius 1 is 1.28 bits per heavy atom. The van der Waals surface area contributed by atoms with Gasteiger partial charge in [0.1, 0.15) is 0 Å². The first-order chi connectivity index (χ1) is 8.26. The molecule has 1 aliphatic carbocycles. The van der Waals surface area contributed by atoms with Crippen molar-refractivity contribution in [3.63, 3.8) is 0 Å². The quantitative estimate of drug-likeness (QED) is 0.856. The average molecular weight is 246 g/mol. The molecule has 1 aliphatic rings. The molecular weight excluding hydrogens is 224 g/mol. The van der Waals surface area contributed by atoms with Gasteiger partial charge in [-0.15, -0.1) is 0 Å². The summed E-state index contributed by atoms with van der Waals surface area (Å²) in [5, 5.41) is 3.57. The maximum atomic E-state index is 11.1. The molecule has 0 bridgehead atoms. The molecule has 0 aliphatic heterocycles. The third kappa shape index (κ3) is 2.03. The van der Waals surface area contributed by atoms with Gasteiger partial charge in [-0.2, -0.15) is 0 Å². The summed E-state index contributed by atoms with van der Waals surface area (Å²) in [6, 6.07) is 8.01. The molecule has 98 valence electrons. The summed E-state index contributed by atoms with van der Waals surface area (Å²) in [6.45, 7) is 9.91. The van der Waals surface area contributed by atoms with Gasteiger partial charge in [0.05, 0.1) is 0 Å². The number of rotatable bonds is 4. The molecule has 0 spiro atoms. The molecule has 1 amide bonds. The minimum Gasteiger partial charge on any atom is -0.366 e. The van der Waals surface area contributed by atoms with E-state index in [1.807, 2.05) is 18.2 Å². The zero-order valence-corrected chi connectivity index (χ0v) is 11.6. The highest BCUT2D eigenvalue weighted by molar-refractivity contribution is 5.92. The first-order valence-electron chi connectivity index (χ1n) is 6.39. The van der Waals surface area contributed by atoms with Gasteiger partial charge in [0.25, 0.3) is 0 Å². The Balaban J connectivity index is 2.00. The number of amides is 1. The summed E-state index contributed by atoms with van der Waals surface area (Å²) < 4.78 is 0. The second kappa shape index (κ2) is 4.09. The van der Waals surface area contributed by atoms with Gasteiger partial charge < -0.3 is 11.1 Å². The smallest absolute Gasteiger partial charge is 0.248 e. The summed E-state index contributed by atoms with van der Waals surface area (Å²) in [7, 11) is 0. The molecule has 3 nitrogen and oxygen atoms in total. The number of hydrogen-bond donors (Lipinski definition) is 2. The van der Waals surface area contributed by atoms with Gasteiger partial charge in [-0.3, -0.25) is 4.79 Å². The van der Waals surface area contributed by atoms with Gasteiger partial charge in [-0.1, -0.05) is 39.8 Å². The third-order valence-corrected chi connectivity index (χ3v) is 4.74. The van der Waals surface area contributed by atoms with E-state index in [1.165, 1.54) is 0 Å². The molecule has 1 aromatic rings. The highest BCUT2D eigenvalue weighted by atomic mass is 16.1. The minimum atomic E-state index is -0.371. The normalized spacial score (nSPS) is 20.7. The van der Waals surface area contributed by atoms with Crippen LogP contribution >= 0.6 is 0 Å². The van der Waals surface area contributed by atoms with Crippen LogP contribution in [0.5, 0.6) is 0 Å². The van der Waals surface area contributed by atoms with Crippen LogP contribution in [0, 0.1) is 10.8 Å². The lowest BCUT2D eigenvalue weighted by molar-refractivity contribution is 0.1000. The number of nitrogens with one attached hydrogen (secondary N) is 1. The van der Waals surface area contributed by atoms with E-state index in [9.17, 15) is 4.79 Å². The van der Waals surface area contributed by atoms with E-state index >= 15 is 0 Å². The van der Waals surface area contributed by atoms with Gasteiger partial charge in [0, 0.05) is 18.2 Å². The van der Waals surface area contributed by atoms with E-state index in [0.717, 1.165) is 12.1 Å². The van der Waals surface area contributed by atoms with Crippen LogP contribution in [0.4, 0.5) is 0 Å². The van der Waals surface area contributed by atoms with Crippen molar-refractivity contribution in [2.24, 2.45) is 16.6 Å². The molecule has 0 heterocycles. The van der Waals surface area contributed by atoms with E-state index < -0.39 is 0 Å². The number of nitrogens with two attached hydrogens (primary N) is 1. The molecule has 18 heavy (non-hydrogen) atoms. The number of primary amides is 1. The van der Waals surface area contributed by atoms with E-state index in [-0.39, 0.29) is 5.91 Å². The van der Waals surface area contributed by atoms with Crippen LogP contribution in [0.2, 0.25) is 0 Å². The Morgan fingerprint density at radius 3 is 2.39 bits per heavy atom. The second-order valence-electron chi connectivity index (χ2n) is 6.32. The predicted octanol–water partition coefficient (Wildman–Crippen LogP) is 2.31. The lowest BCUT2D eigenvalue weighted by atomic mass is 10.0. The van der Waals surface area contributed by atoms with Crippen molar-refractivity contribution in [1.29, 1.82) is 0 Å². The van der Waals surface area contributed by atoms with Gasteiger partial charge in [0.15, 0.2) is 0 Å². The summed E-state index contributed by atoms with van der Waals surface area (Å²) in [5.74, 6) is -0.371. The third-order valence-electron chi connectivity index (χ3n) is 4.74. The van der Waals surface area contributed by atoms with Crippen molar-refractivity contribution in [3.8, 4) is 0 Å². The molecule has 1 fully saturated rings. The molecule has 1 saturated carbocycles. The fourth-order valence-corrected chi connectivity index (χ4v) is 2.76. The molecule has 3 heteroatoms. The second-order valence-corrected chi connectivity index (χ2v) is 6.32. The van der Waals surface area contributed by atoms with Crippen LogP contribution in [-0.4, -0.2) is 11.9 Å². The van der Waals surface area contributed by atoms with Crippen molar-refractivity contribution in [1.82, 2.24) is 5.32 Å². The van der Waals surface area contributed by atoms with Crippen molar-refractivity contribution in [2.45, 2.75) is 40.3 Å². The number of hydrogen-bond acceptors (Lipinski definition) is 2. The minimum absolute atomic E-state index is 0.328. The first kappa shape index (κ1) is 13.1. The Morgan fingerprint density at radius 2 is 1.89 bits per heavy atom. The molecule has 2 rings (SSSR count). The zero-order valence-electron chi connectivity index (χ0n) is 11.6. The van der Waals surface area contributed by atoms with E-state index in [4.69, 9.17) is 5.73 Å². The largest absolute Gasteiger partial charge is 0.366 e. The summed E-state index contributed by atoms with van der Waals surface area (Å²) in [4.78, 5) is 11.1. The SMILES string of the molecule is CC1(C)C(NCc2cccc(C(N)=O)c2)C1(C)C. The predicted molar refractivity (Wildman–Crippen MR) is 73.1 cm³/mol. The number of carbonyl (C=O) groups is 1. The molecular formula is C15H22N2O. The molecule has 0 unspecified atom stereocenters. The number of benzene rings is 1. The van der Waals surface area contributed by atoms with Crippen LogP contribution < -0.4 is 11.1 Å². The van der Waals surface area contributed by atoms with Gasteiger partial charge in [-0.05, 0) is 28.5 Å². The monoisotopic (exact) mass is 246 g/mol. The van der Waals surface area contributed by atoms with E-state index in [2.05, 4.69) is 33.0 Å². The first-order valence-corrected chi connectivity index (χ1v) is 6.39. The van der Waals surface area contributed by atoms with Gasteiger partial charge in [-0.25, -0.2) is 0 Å². The average Bonchev–Trinajstić information content (AvgIpc) is 2.67. The fourth-order valence-electron chi connectivity index (χ4n) is 2.76.